The molecule has 0 aromatic heterocycles. The summed E-state index contributed by atoms with van der Waals surface area (Å²) in [5.74, 6) is 5.61. The van der Waals surface area contributed by atoms with E-state index >= 15 is 0 Å². The maximum Gasteiger partial charge on any atom is 0.193 e. The normalized spacial score (nSPS) is 25.4. The molecule has 0 aromatic carbocycles. The minimum atomic E-state index is 0.733. The second-order valence-electron chi connectivity index (χ2n) is 6.03. The van der Waals surface area contributed by atoms with Crippen LogP contribution in [0.4, 0.5) is 0 Å². The zero-order valence-electron chi connectivity index (χ0n) is 13.7. The molecule has 1 unspecified atom stereocenters. The third-order valence-electron chi connectivity index (χ3n) is 4.16. The van der Waals surface area contributed by atoms with Crippen molar-refractivity contribution in [1.29, 1.82) is 0 Å². The van der Waals surface area contributed by atoms with Crippen molar-refractivity contribution in [2.75, 3.05) is 63.6 Å². The monoisotopic (exact) mass is 330 g/mol. The van der Waals surface area contributed by atoms with Gasteiger partial charge in [-0.2, -0.15) is 23.5 Å². The molecule has 0 saturated carbocycles. The van der Waals surface area contributed by atoms with Crippen molar-refractivity contribution in [2.24, 2.45) is 10.9 Å². The third-order valence-corrected chi connectivity index (χ3v) is 6.65. The molecule has 2 fully saturated rings. The Morgan fingerprint density at radius 1 is 1.24 bits per heavy atom. The van der Waals surface area contributed by atoms with Gasteiger partial charge in [-0.25, -0.2) is 0 Å². The van der Waals surface area contributed by atoms with E-state index in [2.05, 4.69) is 57.5 Å². The van der Waals surface area contributed by atoms with Crippen LogP contribution in [0.15, 0.2) is 4.99 Å². The first-order chi connectivity index (χ1) is 10.2. The highest BCUT2D eigenvalue weighted by Crippen LogP contribution is 2.24. The number of hydrogen-bond acceptors (Lipinski definition) is 4. The van der Waals surface area contributed by atoms with E-state index in [0.29, 0.717) is 0 Å². The van der Waals surface area contributed by atoms with E-state index in [1.807, 2.05) is 7.05 Å². The van der Waals surface area contributed by atoms with Crippen molar-refractivity contribution in [3.63, 3.8) is 0 Å². The highest BCUT2D eigenvalue weighted by molar-refractivity contribution is 8.00. The second-order valence-corrected chi connectivity index (χ2v) is 8.60. The van der Waals surface area contributed by atoms with Crippen molar-refractivity contribution in [1.82, 2.24) is 15.1 Å². The lowest BCUT2D eigenvalue weighted by Gasteiger charge is -2.36. The lowest BCUT2D eigenvalue weighted by Crippen LogP contribution is -2.50. The molecule has 1 atom stereocenters. The minimum Gasteiger partial charge on any atom is -0.355 e. The standard InChI is InChI=1S/C15H30N4S2/c1-13(2)14-12-19(8-11-21-14)15(16-3)17-4-5-18-6-9-20-10-7-18/h13-14H,4-12H2,1-3H3,(H,16,17). The van der Waals surface area contributed by atoms with Crippen molar-refractivity contribution >= 4 is 29.5 Å². The Kier molecular flexibility index (Phi) is 7.54. The summed E-state index contributed by atoms with van der Waals surface area (Å²) < 4.78 is 0. The van der Waals surface area contributed by atoms with Crippen LogP contribution in [0.25, 0.3) is 0 Å². The molecular formula is C15H30N4S2. The molecule has 2 heterocycles. The molecule has 0 radical (unpaired) electrons. The summed E-state index contributed by atoms with van der Waals surface area (Å²) in [5, 5.41) is 4.30. The average molecular weight is 331 g/mol. The summed E-state index contributed by atoms with van der Waals surface area (Å²) >= 11 is 4.19. The number of rotatable bonds is 4. The Morgan fingerprint density at radius 3 is 2.67 bits per heavy atom. The molecule has 4 nitrogen and oxygen atoms in total. The van der Waals surface area contributed by atoms with Crippen LogP contribution in [0.1, 0.15) is 13.8 Å². The predicted octanol–water partition coefficient (Wildman–Crippen LogP) is 1.68. The molecule has 0 aliphatic carbocycles. The van der Waals surface area contributed by atoms with Crippen LogP contribution in [0, 0.1) is 5.92 Å². The van der Waals surface area contributed by atoms with Crippen molar-refractivity contribution in [2.45, 2.75) is 19.1 Å². The van der Waals surface area contributed by atoms with Crippen LogP contribution in [-0.2, 0) is 0 Å². The van der Waals surface area contributed by atoms with Gasteiger partial charge in [-0.1, -0.05) is 13.8 Å². The van der Waals surface area contributed by atoms with Crippen LogP contribution >= 0.6 is 23.5 Å². The summed E-state index contributed by atoms with van der Waals surface area (Å²) in [6, 6.07) is 0. The molecule has 6 heteroatoms. The van der Waals surface area contributed by atoms with Crippen molar-refractivity contribution in [3.8, 4) is 0 Å². The van der Waals surface area contributed by atoms with Gasteiger partial charge in [0.2, 0.25) is 0 Å². The summed E-state index contributed by atoms with van der Waals surface area (Å²) in [6.45, 7) is 11.5. The van der Waals surface area contributed by atoms with E-state index in [4.69, 9.17) is 0 Å². The van der Waals surface area contributed by atoms with E-state index in [1.165, 1.54) is 30.3 Å². The highest BCUT2D eigenvalue weighted by Gasteiger charge is 2.24. The Hall–Kier alpha value is -0.0700. The molecule has 2 saturated heterocycles. The zero-order valence-corrected chi connectivity index (χ0v) is 15.3. The quantitative estimate of drug-likeness (QED) is 0.626. The predicted molar refractivity (Wildman–Crippen MR) is 97.8 cm³/mol. The number of aliphatic imine (C=N–C) groups is 1. The van der Waals surface area contributed by atoms with E-state index < -0.39 is 0 Å². The second kappa shape index (κ2) is 9.16. The molecule has 1 N–H and O–H groups in total. The van der Waals surface area contributed by atoms with Gasteiger partial charge in [0.05, 0.1) is 0 Å². The molecule has 0 amide bonds. The zero-order chi connectivity index (χ0) is 15.1. The highest BCUT2D eigenvalue weighted by atomic mass is 32.2. The van der Waals surface area contributed by atoms with Gasteiger partial charge in [0.1, 0.15) is 0 Å². The molecule has 0 spiro atoms. The Balaban J connectivity index is 1.74. The molecule has 122 valence electrons. The Morgan fingerprint density at radius 2 is 2.00 bits per heavy atom. The van der Waals surface area contributed by atoms with Gasteiger partial charge in [0.15, 0.2) is 5.96 Å². The van der Waals surface area contributed by atoms with Gasteiger partial charge >= 0.3 is 0 Å². The van der Waals surface area contributed by atoms with Gasteiger partial charge < -0.3 is 10.2 Å². The molecule has 0 aromatic rings. The molecule has 2 aliphatic heterocycles. The molecule has 2 rings (SSSR count). The number of nitrogens with zero attached hydrogens (tertiary/aromatic N) is 3. The fourth-order valence-corrected chi connectivity index (χ4v) is 5.03. The first-order valence-electron chi connectivity index (χ1n) is 8.08. The van der Waals surface area contributed by atoms with E-state index in [9.17, 15) is 0 Å². The van der Waals surface area contributed by atoms with Crippen LogP contribution < -0.4 is 5.32 Å². The Bertz CT molecular complexity index is 330. The topological polar surface area (TPSA) is 30.9 Å². The first kappa shape index (κ1) is 17.3. The van der Waals surface area contributed by atoms with Crippen LogP contribution in [0.2, 0.25) is 0 Å². The van der Waals surface area contributed by atoms with E-state index in [-0.39, 0.29) is 0 Å². The lowest BCUT2D eigenvalue weighted by molar-refractivity contribution is 0.303. The number of nitrogens with one attached hydrogen (secondary N) is 1. The number of guanidine groups is 1. The van der Waals surface area contributed by atoms with Crippen LogP contribution in [0.3, 0.4) is 0 Å². The van der Waals surface area contributed by atoms with Gasteiger partial charge in [-0.3, -0.25) is 9.89 Å². The molecule has 2 aliphatic rings. The fraction of sp³-hybridized carbons (Fsp3) is 0.933. The fourth-order valence-electron chi connectivity index (χ4n) is 2.75. The summed E-state index contributed by atoms with van der Waals surface area (Å²) in [6.07, 6.45) is 0. The number of hydrogen-bond donors (Lipinski definition) is 1. The van der Waals surface area contributed by atoms with Crippen LogP contribution in [-0.4, -0.2) is 84.6 Å². The maximum atomic E-state index is 4.49. The first-order valence-corrected chi connectivity index (χ1v) is 10.3. The lowest BCUT2D eigenvalue weighted by atomic mass is 10.1. The van der Waals surface area contributed by atoms with E-state index in [0.717, 1.165) is 43.3 Å². The molecule has 21 heavy (non-hydrogen) atoms. The minimum absolute atomic E-state index is 0.733. The smallest absolute Gasteiger partial charge is 0.193 e. The van der Waals surface area contributed by atoms with E-state index in [1.54, 1.807) is 0 Å². The largest absolute Gasteiger partial charge is 0.355 e. The van der Waals surface area contributed by atoms with Gasteiger partial charge in [0, 0.05) is 68.8 Å². The summed E-state index contributed by atoms with van der Waals surface area (Å²) in [4.78, 5) is 9.48. The van der Waals surface area contributed by atoms with Crippen molar-refractivity contribution < 1.29 is 0 Å². The summed E-state index contributed by atoms with van der Waals surface area (Å²) in [7, 11) is 1.91. The third kappa shape index (κ3) is 5.57. The van der Waals surface area contributed by atoms with Crippen LogP contribution in [0.5, 0.6) is 0 Å². The number of thioether (sulfide) groups is 2. The summed E-state index contributed by atoms with van der Waals surface area (Å²) in [5.41, 5.74) is 0. The molecule has 0 bridgehead atoms. The van der Waals surface area contributed by atoms with Gasteiger partial charge in [0.25, 0.3) is 0 Å². The van der Waals surface area contributed by atoms with Crippen molar-refractivity contribution in [3.05, 3.63) is 0 Å². The molecular weight excluding hydrogens is 300 g/mol. The van der Waals surface area contributed by atoms with Gasteiger partial charge in [-0.15, -0.1) is 0 Å². The SMILES string of the molecule is CN=C(NCCN1CCSCC1)N1CCSC(C(C)C)C1. The maximum absolute atomic E-state index is 4.49. The van der Waals surface area contributed by atoms with Gasteiger partial charge in [-0.05, 0) is 5.92 Å². The average Bonchev–Trinajstić information content (AvgIpc) is 2.52. The Labute approximate surface area is 138 Å².